The van der Waals surface area contributed by atoms with Crippen molar-refractivity contribution in [2.75, 3.05) is 6.54 Å². The summed E-state index contributed by atoms with van der Waals surface area (Å²) in [6.45, 7) is 3.63. The molecule has 0 fully saturated rings. The van der Waals surface area contributed by atoms with Gasteiger partial charge in [0.25, 0.3) is 5.91 Å². The maximum Gasteiger partial charge on any atom is 0.260 e. The molecule has 1 aromatic rings. The highest BCUT2D eigenvalue weighted by atomic mass is 35.5. The minimum absolute atomic E-state index is 0.0636. The Balaban J connectivity index is 2.47. The molecule has 4 N–H and O–H groups in total. The van der Waals surface area contributed by atoms with E-state index in [2.05, 4.69) is 10.5 Å². The Morgan fingerprint density at radius 2 is 2.25 bits per heavy atom. The van der Waals surface area contributed by atoms with Gasteiger partial charge in [-0.25, -0.2) is 0 Å². The zero-order chi connectivity index (χ0) is 15.1. The molecule has 2 unspecified atom stereocenters. The number of amidine groups is 1. The lowest BCUT2D eigenvalue weighted by molar-refractivity contribution is -0.127. The van der Waals surface area contributed by atoms with Gasteiger partial charge in [-0.3, -0.25) is 4.79 Å². The lowest BCUT2D eigenvalue weighted by Gasteiger charge is -2.16. The number of ether oxygens (including phenoxy) is 1. The highest BCUT2D eigenvalue weighted by molar-refractivity contribution is 6.30. The standard InChI is InChI=1S/C13H18ClN3O3/c1-8(12(15)17-19)7-16-13(18)9(2)20-11-5-3-4-10(14)6-11/h3-6,8-9,19H,7H2,1-2H3,(H2,15,17)(H,16,18). The predicted octanol–water partition coefficient (Wildman–Crippen LogP) is 1.61. The molecule has 0 spiro atoms. The van der Waals surface area contributed by atoms with E-state index in [9.17, 15) is 4.79 Å². The number of carbonyl (C=O) groups is 1. The molecular formula is C13H18ClN3O3. The molecule has 0 heterocycles. The molecule has 110 valence electrons. The van der Waals surface area contributed by atoms with Crippen LogP contribution < -0.4 is 15.8 Å². The van der Waals surface area contributed by atoms with Crippen LogP contribution in [0, 0.1) is 5.92 Å². The van der Waals surface area contributed by atoms with Crippen molar-refractivity contribution in [1.29, 1.82) is 0 Å². The van der Waals surface area contributed by atoms with Crippen molar-refractivity contribution in [1.82, 2.24) is 5.32 Å². The lowest BCUT2D eigenvalue weighted by atomic mass is 10.1. The molecule has 0 aromatic heterocycles. The van der Waals surface area contributed by atoms with Gasteiger partial charge in [0.15, 0.2) is 6.10 Å². The summed E-state index contributed by atoms with van der Waals surface area (Å²) in [4.78, 5) is 11.8. The number of amides is 1. The Bertz CT molecular complexity index is 494. The summed E-state index contributed by atoms with van der Waals surface area (Å²) in [6.07, 6.45) is -0.673. The van der Waals surface area contributed by atoms with Crippen LogP contribution in [0.1, 0.15) is 13.8 Å². The topological polar surface area (TPSA) is 96.9 Å². The molecule has 0 aliphatic heterocycles. The second-order valence-corrected chi connectivity index (χ2v) is 4.82. The number of nitrogens with one attached hydrogen (secondary N) is 1. The number of carbonyl (C=O) groups excluding carboxylic acids is 1. The first-order valence-electron chi connectivity index (χ1n) is 6.11. The fourth-order valence-corrected chi connectivity index (χ4v) is 1.58. The van der Waals surface area contributed by atoms with Crippen LogP contribution in [0.3, 0.4) is 0 Å². The van der Waals surface area contributed by atoms with Crippen molar-refractivity contribution in [2.45, 2.75) is 20.0 Å². The van der Waals surface area contributed by atoms with Crippen LogP contribution >= 0.6 is 11.6 Å². The van der Waals surface area contributed by atoms with Gasteiger partial charge in [-0.05, 0) is 25.1 Å². The van der Waals surface area contributed by atoms with Crippen LogP contribution in [0.4, 0.5) is 0 Å². The van der Waals surface area contributed by atoms with Gasteiger partial charge in [0.2, 0.25) is 0 Å². The van der Waals surface area contributed by atoms with Crippen LogP contribution in [-0.2, 0) is 4.79 Å². The van der Waals surface area contributed by atoms with E-state index in [0.717, 1.165) is 0 Å². The van der Waals surface area contributed by atoms with Gasteiger partial charge in [0.1, 0.15) is 11.6 Å². The Hall–Kier alpha value is -1.95. The van der Waals surface area contributed by atoms with Crippen LogP contribution in [0.25, 0.3) is 0 Å². The van der Waals surface area contributed by atoms with Crippen molar-refractivity contribution >= 4 is 23.3 Å². The maximum absolute atomic E-state index is 11.8. The van der Waals surface area contributed by atoms with Crippen molar-refractivity contribution in [3.63, 3.8) is 0 Å². The highest BCUT2D eigenvalue weighted by Crippen LogP contribution is 2.18. The normalized spacial score (nSPS) is 14.4. The molecule has 0 radical (unpaired) electrons. The number of nitrogens with two attached hydrogens (primary N) is 1. The van der Waals surface area contributed by atoms with E-state index in [1.807, 2.05) is 0 Å². The van der Waals surface area contributed by atoms with Crippen LogP contribution in [-0.4, -0.2) is 29.6 Å². The molecule has 1 amide bonds. The summed E-state index contributed by atoms with van der Waals surface area (Å²) in [7, 11) is 0. The van der Waals surface area contributed by atoms with Gasteiger partial charge in [0, 0.05) is 17.5 Å². The minimum atomic E-state index is -0.673. The van der Waals surface area contributed by atoms with E-state index < -0.39 is 6.10 Å². The van der Waals surface area contributed by atoms with Crippen LogP contribution in [0.15, 0.2) is 29.4 Å². The Labute approximate surface area is 122 Å². The second kappa shape index (κ2) is 7.59. The quantitative estimate of drug-likeness (QED) is 0.322. The zero-order valence-electron chi connectivity index (χ0n) is 11.3. The molecule has 6 nitrogen and oxygen atoms in total. The molecule has 0 saturated heterocycles. The number of nitrogens with zero attached hydrogens (tertiary/aromatic N) is 1. The van der Waals surface area contributed by atoms with E-state index in [4.69, 9.17) is 27.3 Å². The summed E-state index contributed by atoms with van der Waals surface area (Å²) < 4.78 is 5.47. The monoisotopic (exact) mass is 299 g/mol. The summed E-state index contributed by atoms with van der Waals surface area (Å²) in [5.74, 6) is 0.0308. The molecule has 20 heavy (non-hydrogen) atoms. The first-order valence-corrected chi connectivity index (χ1v) is 6.49. The van der Waals surface area contributed by atoms with Gasteiger partial charge < -0.3 is 21.0 Å². The van der Waals surface area contributed by atoms with Crippen molar-refractivity contribution in [3.8, 4) is 5.75 Å². The number of benzene rings is 1. The zero-order valence-corrected chi connectivity index (χ0v) is 12.1. The molecule has 0 aliphatic rings. The van der Waals surface area contributed by atoms with E-state index in [0.29, 0.717) is 10.8 Å². The molecule has 0 aliphatic carbocycles. The van der Waals surface area contributed by atoms with Gasteiger partial charge in [-0.2, -0.15) is 0 Å². The first kappa shape index (κ1) is 16.1. The van der Waals surface area contributed by atoms with Crippen molar-refractivity contribution < 1.29 is 14.7 Å². The summed E-state index contributed by atoms with van der Waals surface area (Å²) >= 11 is 5.83. The molecular weight excluding hydrogens is 282 g/mol. The number of hydrogen-bond acceptors (Lipinski definition) is 4. The third-order valence-corrected chi connectivity index (χ3v) is 2.92. The Kier molecular flexibility index (Phi) is 6.11. The third kappa shape index (κ3) is 4.97. The maximum atomic E-state index is 11.8. The molecule has 1 aromatic carbocycles. The van der Waals surface area contributed by atoms with E-state index in [1.54, 1.807) is 38.1 Å². The number of hydrogen-bond donors (Lipinski definition) is 3. The minimum Gasteiger partial charge on any atom is -0.481 e. The summed E-state index contributed by atoms with van der Waals surface area (Å²) in [5.41, 5.74) is 5.42. The summed E-state index contributed by atoms with van der Waals surface area (Å²) in [5, 5.41) is 14.6. The Morgan fingerprint density at radius 1 is 1.55 bits per heavy atom. The van der Waals surface area contributed by atoms with Crippen LogP contribution in [0.5, 0.6) is 5.75 Å². The molecule has 1 rings (SSSR count). The molecule has 2 atom stereocenters. The SMILES string of the molecule is CC(CNC(=O)C(C)Oc1cccc(Cl)c1)C(N)=NO. The van der Waals surface area contributed by atoms with Gasteiger partial charge >= 0.3 is 0 Å². The molecule has 7 heteroatoms. The van der Waals surface area contributed by atoms with Gasteiger partial charge in [-0.1, -0.05) is 29.7 Å². The highest BCUT2D eigenvalue weighted by Gasteiger charge is 2.16. The van der Waals surface area contributed by atoms with Crippen molar-refractivity contribution in [3.05, 3.63) is 29.3 Å². The van der Waals surface area contributed by atoms with Crippen molar-refractivity contribution in [2.24, 2.45) is 16.8 Å². The van der Waals surface area contributed by atoms with Gasteiger partial charge in [0.05, 0.1) is 0 Å². The van der Waals surface area contributed by atoms with E-state index in [1.165, 1.54) is 0 Å². The largest absolute Gasteiger partial charge is 0.481 e. The Morgan fingerprint density at radius 3 is 2.85 bits per heavy atom. The smallest absolute Gasteiger partial charge is 0.260 e. The number of halogens is 1. The first-order chi connectivity index (χ1) is 9.43. The van der Waals surface area contributed by atoms with E-state index in [-0.39, 0.29) is 24.2 Å². The fourth-order valence-electron chi connectivity index (χ4n) is 1.40. The number of oxime groups is 1. The average Bonchev–Trinajstić information content (AvgIpc) is 2.43. The third-order valence-electron chi connectivity index (χ3n) is 2.68. The molecule has 0 bridgehead atoms. The predicted molar refractivity (Wildman–Crippen MR) is 77.1 cm³/mol. The molecule has 0 saturated carbocycles. The van der Waals surface area contributed by atoms with Crippen LogP contribution in [0.2, 0.25) is 5.02 Å². The summed E-state index contributed by atoms with van der Waals surface area (Å²) in [6, 6.07) is 6.81. The number of rotatable bonds is 6. The van der Waals surface area contributed by atoms with Gasteiger partial charge in [-0.15, -0.1) is 0 Å². The second-order valence-electron chi connectivity index (χ2n) is 4.39. The lowest BCUT2D eigenvalue weighted by Crippen LogP contribution is -2.41. The fraction of sp³-hybridized carbons (Fsp3) is 0.385. The average molecular weight is 300 g/mol. The van der Waals surface area contributed by atoms with E-state index >= 15 is 0 Å².